The van der Waals surface area contributed by atoms with Crippen LogP contribution < -0.4 is 0 Å². The summed E-state index contributed by atoms with van der Waals surface area (Å²) in [6, 6.07) is 9.77. The van der Waals surface area contributed by atoms with E-state index in [9.17, 15) is 9.59 Å². The molecule has 0 atom stereocenters. The molecule has 0 saturated carbocycles. The molecule has 2 heterocycles. The van der Waals surface area contributed by atoms with E-state index in [0.717, 1.165) is 11.4 Å². The highest BCUT2D eigenvalue weighted by Crippen LogP contribution is 2.26. The van der Waals surface area contributed by atoms with Crippen LogP contribution in [0.2, 0.25) is 0 Å². The number of hydrogen-bond donors (Lipinski definition) is 0. The second-order valence-corrected chi connectivity index (χ2v) is 4.50. The fraction of sp³-hybridized carbons (Fsp3) is 0.286. The molecule has 3 rings (SSSR count). The Bertz CT molecular complexity index is 496. The van der Waals surface area contributed by atoms with Crippen LogP contribution in [-0.4, -0.2) is 34.7 Å². The van der Waals surface area contributed by atoms with Gasteiger partial charge in [-0.2, -0.15) is 0 Å². The van der Waals surface area contributed by atoms with Gasteiger partial charge in [-0.15, -0.1) is 0 Å². The van der Waals surface area contributed by atoms with Gasteiger partial charge < -0.3 is 0 Å². The fourth-order valence-electron chi connectivity index (χ4n) is 2.11. The van der Waals surface area contributed by atoms with Crippen molar-refractivity contribution in [3.63, 3.8) is 0 Å². The Morgan fingerprint density at radius 1 is 0.944 bits per heavy atom. The topological polar surface area (TPSA) is 40.6 Å². The fourth-order valence-corrected chi connectivity index (χ4v) is 2.11. The Morgan fingerprint density at radius 3 is 1.89 bits per heavy atom. The van der Waals surface area contributed by atoms with Crippen LogP contribution in [0.15, 0.2) is 36.2 Å². The number of carbonyl (C=O) groups excluding carboxylic acids is 2. The molecule has 18 heavy (non-hydrogen) atoms. The highest BCUT2D eigenvalue weighted by Gasteiger charge is 2.36. The highest BCUT2D eigenvalue weighted by molar-refractivity contribution is 5.89. The van der Waals surface area contributed by atoms with Crippen LogP contribution in [0.3, 0.4) is 0 Å². The number of β-lactam (4-membered cyclic amide) rings is 2. The zero-order valence-corrected chi connectivity index (χ0v) is 10.0. The van der Waals surface area contributed by atoms with E-state index >= 15 is 0 Å². The van der Waals surface area contributed by atoms with Gasteiger partial charge in [0.2, 0.25) is 11.8 Å². The summed E-state index contributed by atoms with van der Waals surface area (Å²) in [5, 5.41) is 0. The quantitative estimate of drug-likeness (QED) is 0.753. The molecule has 2 fully saturated rings. The van der Waals surface area contributed by atoms with Crippen LogP contribution in [0.25, 0.3) is 6.08 Å². The number of likely N-dealkylation sites (tertiary alicyclic amines) is 2. The van der Waals surface area contributed by atoms with E-state index in [4.69, 9.17) is 0 Å². The van der Waals surface area contributed by atoms with Gasteiger partial charge in [0.1, 0.15) is 5.82 Å². The second-order valence-electron chi connectivity index (χ2n) is 4.50. The van der Waals surface area contributed by atoms with Crippen LogP contribution >= 0.6 is 0 Å². The molecular formula is C14H14N2O2. The lowest BCUT2D eigenvalue weighted by Gasteiger charge is -2.42. The molecule has 1 aromatic rings. The lowest BCUT2D eigenvalue weighted by atomic mass is 10.1. The molecule has 0 N–H and O–H groups in total. The molecule has 4 nitrogen and oxygen atoms in total. The first-order valence-corrected chi connectivity index (χ1v) is 6.13. The SMILES string of the molecule is O=C1CCN1C(=Cc1ccccc1)N1CCC1=O. The van der Waals surface area contributed by atoms with E-state index in [1.54, 1.807) is 9.80 Å². The molecule has 0 spiro atoms. The summed E-state index contributed by atoms with van der Waals surface area (Å²) in [6.45, 7) is 1.42. The summed E-state index contributed by atoms with van der Waals surface area (Å²) in [4.78, 5) is 26.5. The lowest BCUT2D eigenvalue weighted by Crippen LogP contribution is -2.53. The van der Waals surface area contributed by atoms with E-state index in [1.165, 1.54) is 0 Å². The van der Waals surface area contributed by atoms with Gasteiger partial charge in [-0.3, -0.25) is 19.4 Å². The Labute approximate surface area is 105 Å². The highest BCUT2D eigenvalue weighted by atomic mass is 16.2. The molecule has 2 aliphatic rings. The van der Waals surface area contributed by atoms with Crippen molar-refractivity contribution in [1.29, 1.82) is 0 Å². The predicted molar refractivity (Wildman–Crippen MR) is 67.1 cm³/mol. The van der Waals surface area contributed by atoms with E-state index < -0.39 is 0 Å². The van der Waals surface area contributed by atoms with E-state index in [0.29, 0.717) is 25.9 Å². The smallest absolute Gasteiger partial charge is 0.229 e. The summed E-state index contributed by atoms with van der Waals surface area (Å²) in [6.07, 6.45) is 3.07. The molecule has 1 aromatic carbocycles. The standard InChI is InChI=1S/C14H14N2O2/c17-13-6-8-15(13)12(16-9-7-14(16)18)10-11-4-2-1-3-5-11/h1-5,10H,6-9H2. The molecule has 92 valence electrons. The van der Waals surface area contributed by atoms with Crippen molar-refractivity contribution in [2.75, 3.05) is 13.1 Å². The maximum atomic E-state index is 11.6. The third-order valence-corrected chi connectivity index (χ3v) is 3.35. The van der Waals surface area contributed by atoms with Crippen molar-refractivity contribution in [3.8, 4) is 0 Å². The molecule has 0 aromatic heterocycles. The molecule has 0 unspecified atom stereocenters. The number of nitrogens with zero attached hydrogens (tertiary/aromatic N) is 2. The van der Waals surface area contributed by atoms with E-state index in [2.05, 4.69) is 0 Å². The van der Waals surface area contributed by atoms with Gasteiger partial charge in [0.25, 0.3) is 0 Å². The Kier molecular flexibility index (Phi) is 2.63. The van der Waals surface area contributed by atoms with Crippen molar-refractivity contribution in [3.05, 3.63) is 41.7 Å². The van der Waals surface area contributed by atoms with Crippen LogP contribution in [0.5, 0.6) is 0 Å². The van der Waals surface area contributed by atoms with Gasteiger partial charge in [-0.1, -0.05) is 30.3 Å². The molecular weight excluding hydrogens is 228 g/mol. The third-order valence-electron chi connectivity index (χ3n) is 3.35. The van der Waals surface area contributed by atoms with Gasteiger partial charge in [0.15, 0.2) is 0 Å². The van der Waals surface area contributed by atoms with Gasteiger partial charge in [-0.25, -0.2) is 0 Å². The molecule has 4 heteroatoms. The van der Waals surface area contributed by atoms with Gasteiger partial charge in [-0.05, 0) is 11.6 Å². The van der Waals surface area contributed by atoms with Gasteiger partial charge in [0, 0.05) is 25.9 Å². The van der Waals surface area contributed by atoms with Crippen molar-refractivity contribution in [2.24, 2.45) is 0 Å². The minimum absolute atomic E-state index is 0.0943. The number of amides is 2. The van der Waals surface area contributed by atoms with Crippen molar-refractivity contribution < 1.29 is 9.59 Å². The molecule has 0 bridgehead atoms. The van der Waals surface area contributed by atoms with Crippen LogP contribution in [0.4, 0.5) is 0 Å². The van der Waals surface area contributed by atoms with Crippen molar-refractivity contribution in [1.82, 2.24) is 9.80 Å². The average Bonchev–Trinajstić information content (AvgIpc) is 2.36. The summed E-state index contributed by atoms with van der Waals surface area (Å²) >= 11 is 0. The Morgan fingerprint density at radius 2 is 1.50 bits per heavy atom. The van der Waals surface area contributed by atoms with Crippen molar-refractivity contribution >= 4 is 17.9 Å². The van der Waals surface area contributed by atoms with Crippen molar-refractivity contribution in [2.45, 2.75) is 12.8 Å². The second kappa shape index (κ2) is 4.29. The molecule has 0 aliphatic carbocycles. The zero-order valence-electron chi connectivity index (χ0n) is 10.0. The minimum atomic E-state index is 0.0943. The van der Waals surface area contributed by atoms with Crippen LogP contribution in [0.1, 0.15) is 18.4 Å². The Balaban J connectivity index is 1.92. The number of carbonyl (C=O) groups is 2. The van der Waals surface area contributed by atoms with Crippen LogP contribution in [0, 0.1) is 0 Å². The minimum Gasteiger partial charge on any atom is -0.298 e. The number of benzene rings is 1. The first-order chi connectivity index (χ1) is 8.75. The maximum Gasteiger partial charge on any atom is 0.229 e. The summed E-state index contributed by atoms with van der Waals surface area (Å²) in [7, 11) is 0. The normalized spacial score (nSPS) is 18.2. The Hall–Kier alpha value is -2.10. The summed E-state index contributed by atoms with van der Waals surface area (Å²) in [5.41, 5.74) is 1.01. The van der Waals surface area contributed by atoms with Gasteiger partial charge in [0.05, 0.1) is 0 Å². The van der Waals surface area contributed by atoms with E-state index in [-0.39, 0.29) is 11.8 Å². The van der Waals surface area contributed by atoms with Gasteiger partial charge >= 0.3 is 0 Å². The number of hydrogen-bond acceptors (Lipinski definition) is 2. The average molecular weight is 242 g/mol. The summed E-state index contributed by atoms with van der Waals surface area (Å²) in [5.74, 6) is 0.919. The van der Waals surface area contributed by atoms with E-state index in [1.807, 2.05) is 36.4 Å². The molecule has 2 amide bonds. The molecule has 0 radical (unpaired) electrons. The third kappa shape index (κ3) is 1.79. The first kappa shape index (κ1) is 11.0. The van der Waals surface area contributed by atoms with Crippen LogP contribution in [-0.2, 0) is 9.59 Å². The summed E-state index contributed by atoms with van der Waals surface area (Å²) < 4.78 is 0. The largest absolute Gasteiger partial charge is 0.298 e. The number of rotatable bonds is 3. The first-order valence-electron chi connectivity index (χ1n) is 6.13. The maximum absolute atomic E-state index is 11.6. The molecule has 2 aliphatic heterocycles. The lowest BCUT2D eigenvalue weighted by molar-refractivity contribution is -0.145. The predicted octanol–water partition coefficient (Wildman–Crippen LogP) is 1.45. The molecule has 2 saturated heterocycles. The monoisotopic (exact) mass is 242 g/mol. The zero-order chi connectivity index (χ0) is 12.5.